The van der Waals surface area contributed by atoms with Gasteiger partial charge in [-0.25, -0.2) is 9.18 Å². The van der Waals surface area contributed by atoms with Gasteiger partial charge in [0.05, 0.1) is 24.3 Å². The Labute approximate surface area is 90.3 Å². The minimum Gasteiger partial charge on any atom is -0.464 e. The lowest BCUT2D eigenvalue weighted by Gasteiger charge is -1.94. The summed E-state index contributed by atoms with van der Waals surface area (Å²) in [6, 6.07) is 5.88. The van der Waals surface area contributed by atoms with Crippen LogP contribution in [0.2, 0.25) is 0 Å². The fourth-order valence-electron chi connectivity index (χ4n) is 1.50. The van der Waals surface area contributed by atoms with Crippen LogP contribution in [0.25, 0.3) is 10.9 Å². The molecule has 4 nitrogen and oxygen atoms in total. The number of benzene rings is 1. The number of hydrogen-bond donors (Lipinski definition) is 1. The summed E-state index contributed by atoms with van der Waals surface area (Å²) in [6.45, 7) is 0. The lowest BCUT2D eigenvalue weighted by Crippen LogP contribution is -2.00. The number of H-pyrrole nitrogens is 1. The fraction of sp³-hybridized carbons (Fsp3) is 0.0909. The number of hydrogen-bond acceptors (Lipinski definition) is 3. The molecule has 0 spiro atoms. The first-order chi connectivity index (χ1) is 7.67. The minimum atomic E-state index is -0.598. The molecule has 2 aromatic rings. The van der Waals surface area contributed by atoms with Gasteiger partial charge in [0.2, 0.25) is 0 Å². The SMILES string of the molecule is COC(=O)c1cc2c(C#N)ccc(F)c2[nH]1. The highest BCUT2D eigenvalue weighted by atomic mass is 19.1. The third-order valence-electron chi connectivity index (χ3n) is 2.27. The van der Waals surface area contributed by atoms with Crippen LogP contribution < -0.4 is 0 Å². The van der Waals surface area contributed by atoms with Crippen molar-refractivity contribution in [1.29, 1.82) is 5.26 Å². The Hall–Kier alpha value is -2.35. The number of ether oxygens (including phenoxy) is 1. The number of aromatic amines is 1. The first-order valence-electron chi connectivity index (χ1n) is 4.47. The molecule has 1 N–H and O–H groups in total. The summed E-state index contributed by atoms with van der Waals surface area (Å²) in [5.74, 6) is -1.11. The van der Waals surface area contributed by atoms with Crippen LogP contribution in [-0.2, 0) is 4.74 Å². The summed E-state index contributed by atoms with van der Waals surface area (Å²) in [5, 5.41) is 9.21. The largest absolute Gasteiger partial charge is 0.464 e. The second-order valence-electron chi connectivity index (χ2n) is 3.17. The maximum Gasteiger partial charge on any atom is 0.354 e. The summed E-state index contributed by atoms with van der Waals surface area (Å²) in [7, 11) is 1.23. The fourth-order valence-corrected chi connectivity index (χ4v) is 1.50. The Morgan fingerprint density at radius 1 is 1.56 bits per heavy atom. The van der Waals surface area contributed by atoms with Crippen molar-refractivity contribution >= 4 is 16.9 Å². The molecule has 0 atom stereocenters. The molecule has 0 saturated carbocycles. The van der Waals surface area contributed by atoms with E-state index in [4.69, 9.17) is 5.26 Å². The second kappa shape index (κ2) is 3.66. The molecule has 0 amide bonds. The van der Waals surface area contributed by atoms with Gasteiger partial charge in [0.25, 0.3) is 0 Å². The normalized spacial score (nSPS) is 10.1. The van der Waals surface area contributed by atoms with Crippen molar-refractivity contribution in [3.8, 4) is 6.07 Å². The highest BCUT2D eigenvalue weighted by Gasteiger charge is 2.14. The molecule has 2 rings (SSSR count). The van der Waals surface area contributed by atoms with Crippen LogP contribution in [0.15, 0.2) is 18.2 Å². The maximum atomic E-state index is 13.4. The zero-order chi connectivity index (χ0) is 11.7. The van der Waals surface area contributed by atoms with Crippen molar-refractivity contribution in [1.82, 2.24) is 4.98 Å². The van der Waals surface area contributed by atoms with E-state index >= 15 is 0 Å². The van der Waals surface area contributed by atoms with Crippen LogP contribution >= 0.6 is 0 Å². The number of nitriles is 1. The Morgan fingerprint density at radius 2 is 2.31 bits per heavy atom. The van der Waals surface area contributed by atoms with Gasteiger partial charge >= 0.3 is 5.97 Å². The smallest absolute Gasteiger partial charge is 0.354 e. The van der Waals surface area contributed by atoms with Crippen LogP contribution in [0.4, 0.5) is 4.39 Å². The van der Waals surface area contributed by atoms with Crippen LogP contribution in [0.1, 0.15) is 16.1 Å². The standard InChI is InChI=1S/C11H7FN2O2/c1-16-11(15)9-4-7-6(5-13)2-3-8(12)10(7)14-9/h2-4,14H,1H3. The summed E-state index contributed by atoms with van der Waals surface area (Å²) >= 11 is 0. The van der Waals surface area contributed by atoms with Gasteiger partial charge in [0, 0.05) is 5.39 Å². The zero-order valence-corrected chi connectivity index (χ0v) is 8.37. The molecule has 1 heterocycles. The van der Waals surface area contributed by atoms with E-state index in [0.29, 0.717) is 10.9 Å². The maximum absolute atomic E-state index is 13.4. The number of fused-ring (bicyclic) bond motifs is 1. The predicted octanol–water partition coefficient (Wildman–Crippen LogP) is 1.97. The van der Waals surface area contributed by atoms with Gasteiger partial charge in [-0.1, -0.05) is 0 Å². The molecule has 0 aliphatic carbocycles. The Balaban J connectivity index is 2.74. The molecule has 0 fully saturated rings. The van der Waals surface area contributed by atoms with E-state index in [2.05, 4.69) is 9.72 Å². The van der Waals surface area contributed by atoms with Gasteiger partial charge in [-0.3, -0.25) is 0 Å². The molecule has 1 aromatic carbocycles. The number of nitrogens with one attached hydrogen (secondary N) is 1. The molecule has 0 saturated heterocycles. The monoisotopic (exact) mass is 218 g/mol. The topological polar surface area (TPSA) is 65.9 Å². The molecule has 0 aliphatic rings. The average Bonchev–Trinajstić information content (AvgIpc) is 2.74. The van der Waals surface area contributed by atoms with E-state index in [0.717, 1.165) is 0 Å². The lowest BCUT2D eigenvalue weighted by atomic mass is 10.1. The van der Waals surface area contributed by atoms with E-state index in [-0.39, 0.29) is 11.2 Å². The third kappa shape index (κ3) is 1.41. The Kier molecular flexibility index (Phi) is 2.33. The van der Waals surface area contributed by atoms with Crippen LogP contribution in [0.5, 0.6) is 0 Å². The second-order valence-corrected chi connectivity index (χ2v) is 3.17. The first kappa shape index (κ1) is 10.2. The van der Waals surface area contributed by atoms with E-state index in [1.165, 1.54) is 25.3 Å². The van der Waals surface area contributed by atoms with Gasteiger partial charge < -0.3 is 9.72 Å². The summed E-state index contributed by atoms with van der Waals surface area (Å²) in [5.41, 5.74) is 0.571. The summed E-state index contributed by atoms with van der Waals surface area (Å²) in [4.78, 5) is 13.8. The predicted molar refractivity (Wildman–Crippen MR) is 54.3 cm³/mol. The van der Waals surface area contributed by atoms with Crippen molar-refractivity contribution in [2.45, 2.75) is 0 Å². The van der Waals surface area contributed by atoms with Crippen LogP contribution in [0.3, 0.4) is 0 Å². The van der Waals surface area contributed by atoms with E-state index < -0.39 is 11.8 Å². The highest BCUT2D eigenvalue weighted by Crippen LogP contribution is 2.22. The number of halogens is 1. The van der Waals surface area contributed by atoms with Crippen molar-refractivity contribution in [2.24, 2.45) is 0 Å². The molecule has 16 heavy (non-hydrogen) atoms. The van der Waals surface area contributed by atoms with Crippen molar-refractivity contribution in [2.75, 3.05) is 7.11 Å². The van der Waals surface area contributed by atoms with Crippen molar-refractivity contribution in [3.05, 3.63) is 35.3 Å². The van der Waals surface area contributed by atoms with Gasteiger partial charge in [-0.05, 0) is 18.2 Å². The van der Waals surface area contributed by atoms with Gasteiger partial charge in [0.1, 0.15) is 11.5 Å². The van der Waals surface area contributed by atoms with Crippen LogP contribution in [0, 0.1) is 17.1 Å². The molecular weight excluding hydrogens is 211 g/mol. The van der Waals surface area contributed by atoms with Gasteiger partial charge in [-0.15, -0.1) is 0 Å². The molecule has 80 valence electrons. The average molecular weight is 218 g/mol. The molecule has 5 heteroatoms. The molecular formula is C11H7FN2O2. The number of aromatic nitrogens is 1. The molecule has 0 bridgehead atoms. The van der Waals surface area contributed by atoms with Crippen molar-refractivity contribution in [3.63, 3.8) is 0 Å². The van der Waals surface area contributed by atoms with Crippen LogP contribution in [-0.4, -0.2) is 18.1 Å². The molecule has 0 aliphatic heterocycles. The number of carbonyl (C=O) groups excluding carboxylic acids is 1. The number of esters is 1. The molecule has 0 unspecified atom stereocenters. The van der Waals surface area contributed by atoms with Crippen molar-refractivity contribution < 1.29 is 13.9 Å². The summed E-state index contributed by atoms with van der Waals surface area (Å²) < 4.78 is 17.9. The minimum absolute atomic E-state index is 0.124. The first-order valence-corrected chi connectivity index (χ1v) is 4.47. The molecule has 1 aromatic heterocycles. The highest BCUT2D eigenvalue weighted by molar-refractivity contribution is 5.96. The number of methoxy groups -OCH3 is 1. The third-order valence-corrected chi connectivity index (χ3v) is 2.27. The Bertz CT molecular complexity index is 610. The number of carbonyl (C=O) groups is 1. The van der Waals surface area contributed by atoms with Gasteiger partial charge in [-0.2, -0.15) is 5.26 Å². The van der Waals surface area contributed by atoms with Gasteiger partial charge in [0.15, 0.2) is 0 Å². The number of rotatable bonds is 1. The summed E-state index contributed by atoms with van der Waals surface area (Å²) in [6.07, 6.45) is 0. The Morgan fingerprint density at radius 3 is 2.94 bits per heavy atom. The number of nitrogens with zero attached hydrogens (tertiary/aromatic N) is 1. The van der Waals surface area contributed by atoms with E-state index in [1.807, 2.05) is 6.07 Å². The van der Waals surface area contributed by atoms with E-state index in [9.17, 15) is 9.18 Å². The molecule has 0 radical (unpaired) electrons. The lowest BCUT2D eigenvalue weighted by molar-refractivity contribution is 0.0595. The quantitative estimate of drug-likeness (QED) is 0.744. The zero-order valence-electron chi connectivity index (χ0n) is 8.37. The van der Waals surface area contributed by atoms with E-state index in [1.54, 1.807) is 0 Å².